The van der Waals surface area contributed by atoms with Crippen LogP contribution >= 0.6 is 11.8 Å². The van der Waals surface area contributed by atoms with Crippen LogP contribution in [-0.2, 0) is 7.05 Å². The van der Waals surface area contributed by atoms with Crippen LogP contribution < -0.4 is 5.69 Å². The zero-order chi connectivity index (χ0) is 7.72. The summed E-state index contributed by atoms with van der Waals surface area (Å²) in [6.45, 7) is 0. The minimum Gasteiger partial charge on any atom is -0.422 e. The number of aryl methyl sites for hydroxylation is 1. The fraction of sp³-hybridized carbons (Fsp3) is 0.500. The minimum atomic E-state index is -0.524. The van der Waals surface area contributed by atoms with Gasteiger partial charge in [0.25, 0.3) is 0 Å². The van der Waals surface area contributed by atoms with Gasteiger partial charge in [-0.15, -0.1) is 9.83 Å². The molecule has 6 heteroatoms. The van der Waals surface area contributed by atoms with Crippen molar-refractivity contribution in [1.82, 2.24) is 14.5 Å². The third-order valence-corrected chi connectivity index (χ3v) is 1.68. The maximum absolute atomic E-state index is 10.7. The summed E-state index contributed by atoms with van der Waals surface area (Å²) in [5.41, 5.74) is -0.524. The third kappa shape index (κ3) is 0.900. The van der Waals surface area contributed by atoms with Crippen molar-refractivity contribution in [1.29, 1.82) is 0 Å². The van der Waals surface area contributed by atoms with Crippen molar-refractivity contribution in [3.63, 3.8) is 0 Å². The summed E-state index contributed by atoms with van der Waals surface area (Å²) >= 11 is 1.21. The second kappa shape index (κ2) is 2.37. The van der Waals surface area contributed by atoms with Crippen LogP contribution in [0.3, 0.4) is 0 Å². The van der Waals surface area contributed by atoms with E-state index in [0.29, 0.717) is 9.89 Å². The maximum Gasteiger partial charge on any atom is 0.379 e. The third-order valence-electron chi connectivity index (χ3n) is 1.06. The second-order valence-corrected chi connectivity index (χ2v) is 2.48. The average molecular weight is 161 g/mol. The quantitative estimate of drug-likeness (QED) is 0.447. The van der Waals surface area contributed by atoms with Crippen molar-refractivity contribution < 1.29 is 5.21 Å². The largest absolute Gasteiger partial charge is 0.422 e. The van der Waals surface area contributed by atoms with Gasteiger partial charge in [-0.3, -0.25) is 0 Å². The van der Waals surface area contributed by atoms with Crippen molar-refractivity contribution in [2.24, 2.45) is 7.05 Å². The van der Waals surface area contributed by atoms with Crippen LogP contribution in [0.5, 0.6) is 0 Å². The fourth-order valence-electron chi connectivity index (χ4n) is 0.560. The molecule has 0 unspecified atom stereocenters. The molecule has 1 heterocycles. The van der Waals surface area contributed by atoms with Crippen LogP contribution in [0.4, 0.5) is 0 Å². The highest BCUT2D eigenvalue weighted by Crippen LogP contribution is 2.05. The Bertz CT molecular complexity index is 289. The molecule has 1 aromatic heterocycles. The SMILES string of the molecule is CSc1nn(C)c(=O)n1O. The topological polar surface area (TPSA) is 60.0 Å². The van der Waals surface area contributed by atoms with E-state index < -0.39 is 5.69 Å². The zero-order valence-electron chi connectivity index (χ0n) is 5.61. The van der Waals surface area contributed by atoms with Crippen LogP contribution in [0.25, 0.3) is 0 Å². The maximum atomic E-state index is 10.7. The monoisotopic (exact) mass is 161 g/mol. The summed E-state index contributed by atoms with van der Waals surface area (Å²) in [5.74, 6) is 0. The Hall–Kier alpha value is -0.910. The van der Waals surface area contributed by atoms with Crippen LogP contribution in [-0.4, -0.2) is 26.0 Å². The predicted octanol–water partition coefficient (Wildman–Crippen LogP) is -0.459. The van der Waals surface area contributed by atoms with Gasteiger partial charge in [-0.05, 0) is 6.26 Å². The predicted molar refractivity (Wildman–Crippen MR) is 36.4 cm³/mol. The number of aromatic nitrogens is 3. The molecule has 1 aromatic rings. The molecule has 0 aliphatic heterocycles. The van der Waals surface area contributed by atoms with E-state index >= 15 is 0 Å². The lowest BCUT2D eigenvalue weighted by molar-refractivity contribution is 0.149. The van der Waals surface area contributed by atoms with E-state index in [1.165, 1.54) is 18.8 Å². The summed E-state index contributed by atoms with van der Waals surface area (Å²) in [6.07, 6.45) is 1.73. The van der Waals surface area contributed by atoms with E-state index in [1.807, 2.05) is 0 Å². The van der Waals surface area contributed by atoms with E-state index in [1.54, 1.807) is 6.26 Å². The zero-order valence-corrected chi connectivity index (χ0v) is 6.42. The first-order valence-electron chi connectivity index (χ1n) is 2.56. The van der Waals surface area contributed by atoms with Gasteiger partial charge < -0.3 is 5.21 Å². The molecule has 0 amide bonds. The number of hydrogen-bond donors (Lipinski definition) is 1. The molecule has 0 radical (unpaired) electrons. The Kier molecular flexibility index (Phi) is 1.71. The summed E-state index contributed by atoms with van der Waals surface area (Å²) in [5, 5.41) is 12.9. The van der Waals surface area contributed by atoms with Gasteiger partial charge in [0, 0.05) is 7.05 Å². The molecule has 0 aliphatic rings. The summed E-state index contributed by atoms with van der Waals surface area (Å²) in [6, 6.07) is 0. The molecule has 1 rings (SSSR count). The van der Waals surface area contributed by atoms with Crippen LogP contribution in [0.1, 0.15) is 0 Å². The molecular weight excluding hydrogens is 154 g/mol. The van der Waals surface area contributed by atoms with Crippen LogP contribution in [0.15, 0.2) is 9.95 Å². The molecule has 0 fully saturated rings. The second-order valence-electron chi connectivity index (χ2n) is 1.70. The normalized spacial score (nSPS) is 10.2. The van der Waals surface area contributed by atoms with E-state index in [0.717, 1.165) is 4.68 Å². The highest BCUT2D eigenvalue weighted by Gasteiger charge is 2.06. The van der Waals surface area contributed by atoms with Gasteiger partial charge in [-0.1, -0.05) is 11.8 Å². The van der Waals surface area contributed by atoms with Crippen molar-refractivity contribution in [3.05, 3.63) is 10.5 Å². The van der Waals surface area contributed by atoms with E-state index in [2.05, 4.69) is 5.10 Å². The summed E-state index contributed by atoms with van der Waals surface area (Å²) < 4.78 is 1.59. The molecule has 0 saturated heterocycles. The van der Waals surface area contributed by atoms with E-state index in [-0.39, 0.29) is 0 Å². The Morgan fingerprint density at radius 1 is 1.70 bits per heavy atom. The number of rotatable bonds is 1. The van der Waals surface area contributed by atoms with Gasteiger partial charge in [0.2, 0.25) is 5.16 Å². The molecule has 10 heavy (non-hydrogen) atoms. The van der Waals surface area contributed by atoms with Gasteiger partial charge in [-0.25, -0.2) is 9.48 Å². The lowest BCUT2D eigenvalue weighted by Gasteiger charge is -1.87. The van der Waals surface area contributed by atoms with Crippen LogP contribution in [0, 0.1) is 0 Å². The van der Waals surface area contributed by atoms with Gasteiger partial charge in [0.1, 0.15) is 0 Å². The first-order valence-corrected chi connectivity index (χ1v) is 3.78. The molecular formula is C4H7N3O2S. The molecule has 56 valence electrons. The van der Waals surface area contributed by atoms with Gasteiger partial charge in [0.15, 0.2) is 0 Å². The molecule has 0 saturated carbocycles. The Morgan fingerprint density at radius 3 is 2.50 bits per heavy atom. The Labute approximate surface area is 61.2 Å². The first-order chi connectivity index (χ1) is 4.66. The summed E-state index contributed by atoms with van der Waals surface area (Å²) in [4.78, 5) is 10.7. The molecule has 1 N–H and O–H groups in total. The Balaban J connectivity index is 3.31. The summed E-state index contributed by atoms with van der Waals surface area (Å²) in [7, 11) is 1.48. The molecule has 5 nitrogen and oxygen atoms in total. The smallest absolute Gasteiger partial charge is 0.379 e. The number of hydrogen-bond acceptors (Lipinski definition) is 4. The van der Waals surface area contributed by atoms with E-state index in [4.69, 9.17) is 5.21 Å². The van der Waals surface area contributed by atoms with Gasteiger partial charge in [0.05, 0.1) is 0 Å². The molecule has 0 bridgehead atoms. The van der Waals surface area contributed by atoms with Gasteiger partial charge >= 0.3 is 5.69 Å². The Morgan fingerprint density at radius 2 is 2.30 bits per heavy atom. The standard InChI is InChI=1S/C4H7N3O2S/c1-6-4(8)7(9)3(5-6)10-2/h9H,1-2H3. The first kappa shape index (κ1) is 7.20. The number of thioether (sulfide) groups is 1. The van der Waals surface area contributed by atoms with Crippen LogP contribution in [0.2, 0.25) is 0 Å². The molecule has 0 atom stereocenters. The highest BCUT2D eigenvalue weighted by molar-refractivity contribution is 7.98. The lowest BCUT2D eigenvalue weighted by atomic mass is 11.2. The molecule has 0 aliphatic carbocycles. The van der Waals surface area contributed by atoms with Gasteiger partial charge in [-0.2, -0.15) is 0 Å². The van der Waals surface area contributed by atoms with Crippen molar-refractivity contribution in [2.75, 3.05) is 6.26 Å². The lowest BCUT2D eigenvalue weighted by Crippen LogP contribution is -2.20. The highest BCUT2D eigenvalue weighted by atomic mass is 32.2. The van der Waals surface area contributed by atoms with Crippen molar-refractivity contribution >= 4 is 11.8 Å². The molecule has 0 spiro atoms. The van der Waals surface area contributed by atoms with E-state index in [9.17, 15) is 4.79 Å². The average Bonchev–Trinajstić information content (AvgIpc) is 2.17. The fourth-order valence-corrected chi connectivity index (χ4v) is 1.01. The van der Waals surface area contributed by atoms with Crippen molar-refractivity contribution in [2.45, 2.75) is 5.16 Å². The van der Waals surface area contributed by atoms with Crippen molar-refractivity contribution in [3.8, 4) is 0 Å². The number of nitrogens with zero attached hydrogens (tertiary/aromatic N) is 3. The minimum absolute atomic E-state index is 0.299. The molecule has 0 aromatic carbocycles.